The van der Waals surface area contributed by atoms with Gasteiger partial charge in [-0.25, -0.2) is 4.98 Å². The summed E-state index contributed by atoms with van der Waals surface area (Å²) in [6, 6.07) is 28.3. The Morgan fingerprint density at radius 1 is 0.933 bits per heavy atom. The van der Waals surface area contributed by atoms with Crippen molar-refractivity contribution in [2.24, 2.45) is 0 Å². The Kier molecular flexibility index (Phi) is 5.88. The van der Waals surface area contributed by atoms with E-state index in [1.807, 2.05) is 47.8 Å². The maximum Gasteiger partial charge on any atom is 0.136 e. The summed E-state index contributed by atoms with van der Waals surface area (Å²) in [5.41, 5.74) is 5.59. The van der Waals surface area contributed by atoms with E-state index in [9.17, 15) is 5.26 Å². The fourth-order valence-corrected chi connectivity index (χ4v) is 3.77. The van der Waals surface area contributed by atoms with Crippen molar-refractivity contribution in [3.05, 3.63) is 95.5 Å². The van der Waals surface area contributed by atoms with Crippen LogP contribution in [0.4, 0.5) is 5.69 Å². The molecule has 0 amide bonds. The van der Waals surface area contributed by atoms with Crippen LogP contribution in [0, 0.1) is 11.3 Å². The van der Waals surface area contributed by atoms with Gasteiger partial charge in [-0.3, -0.25) is 0 Å². The van der Waals surface area contributed by atoms with Gasteiger partial charge in [0.15, 0.2) is 0 Å². The number of benzene rings is 3. The maximum absolute atomic E-state index is 9.57. The largest absolute Gasteiger partial charge is 0.497 e. The second-order valence-corrected chi connectivity index (χ2v) is 7.38. The molecule has 0 atom stereocenters. The molecule has 0 aliphatic rings. The van der Waals surface area contributed by atoms with Crippen LogP contribution in [0.1, 0.15) is 5.01 Å². The Morgan fingerprint density at radius 3 is 2.27 bits per heavy atom. The van der Waals surface area contributed by atoms with Gasteiger partial charge in [-0.15, -0.1) is 11.3 Å². The van der Waals surface area contributed by atoms with Crippen LogP contribution in [-0.2, 0) is 0 Å². The Bertz CT molecular complexity index is 1190. The van der Waals surface area contributed by atoms with Crippen LogP contribution >= 0.6 is 11.3 Å². The van der Waals surface area contributed by atoms with Crippen molar-refractivity contribution in [3.8, 4) is 34.2 Å². The SMILES string of the molecule is COc1ccc(N/C=C(/C#N)c2nc(-c3ccc(-c4ccccc4)cc3)cs2)cc1. The highest BCUT2D eigenvalue weighted by Gasteiger charge is 2.09. The molecule has 0 fully saturated rings. The van der Waals surface area contributed by atoms with E-state index in [-0.39, 0.29) is 0 Å². The minimum atomic E-state index is 0.489. The smallest absolute Gasteiger partial charge is 0.136 e. The molecular weight excluding hydrogens is 390 g/mol. The molecule has 1 N–H and O–H groups in total. The topological polar surface area (TPSA) is 57.9 Å². The molecule has 0 saturated carbocycles. The van der Waals surface area contributed by atoms with Gasteiger partial charge in [-0.1, -0.05) is 54.6 Å². The molecular formula is C25H19N3OS. The van der Waals surface area contributed by atoms with Crippen LogP contribution in [0.5, 0.6) is 5.75 Å². The predicted octanol–water partition coefficient (Wildman–Crippen LogP) is 6.46. The molecule has 0 unspecified atom stereocenters. The highest BCUT2D eigenvalue weighted by Crippen LogP contribution is 2.28. The summed E-state index contributed by atoms with van der Waals surface area (Å²) in [5.74, 6) is 0.785. The average Bonchev–Trinajstić information content (AvgIpc) is 3.31. The molecule has 0 radical (unpaired) electrons. The highest BCUT2D eigenvalue weighted by atomic mass is 32.1. The van der Waals surface area contributed by atoms with E-state index >= 15 is 0 Å². The molecule has 1 aromatic heterocycles. The van der Waals surface area contributed by atoms with Crippen molar-refractivity contribution in [3.63, 3.8) is 0 Å². The lowest BCUT2D eigenvalue weighted by atomic mass is 10.0. The zero-order valence-electron chi connectivity index (χ0n) is 16.4. The summed E-state index contributed by atoms with van der Waals surface area (Å²) in [7, 11) is 1.63. The van der Waals surface area contributed by atoms with Crippen LogP contribution in [0.3, 0.4) is 0 Å². The average molecular weight is 410 g/mol. The van der Waals surface area contributed by atoms with Crippen molar-refractivity contribution < 1.29 is 4.74 Å². The summed E-state index contributed by atoms with van der Waals surface area (Å²) < 4.78 is 5.16. The van der Waals surface area contributed by atoms with E-state index in [0.717, 1.165) is 28.3 Å². The molecule has 146 valence electrons. The van der Waals surface area contributed by atoms with Crippen LogP contribution in [-0.4, -0.2) is 12.1 Å². The normalized spacial score (nSPS) is 11.0. The van der Waals surface area contributed by atoms with Gasteiger partial charge in [0.25, 0.3) is 0 Å². The van der Waals surface area contributed by atoms with Gasteiger partial charge in [-0.2, -0.15) is 5.26 Å². The molecule has 5 heteroatoms. The molecule has 0 bridgehead atoms. The van der Waals surface area contributed by atoms with Crippen LogP contribution in [0.25, 0.3) is 28.0 Å². The molecule has 4 nitrogen and oxygen atoms in total. The first-order valence-corrected chi connectivity index (χ1v) is 10.3. The van der Waals surface area contributed by atoms with Gasteiger partial charge in [0, 0.05) is 22.8 Å². The Hall–Kier alpha value is -3.88. The van der Waals surface area contributed by atoms with Gasteiger partial charge in [0.1, 0.15) is 22.4 Å². The number of nitrogens with one attached hydrogen (secondary N) is 1. The summed E-state index contributed by atoms with van der Waals surface area (Å²) in [4.78, 5) is 4.66. The van der Waals surface area contributed by atoms with Crippen LogP contribution < -0.4 is 10.1 Å². The minimum absolute atomic E-state index is 0.489. The number of thiazole rings is 1. The third-order valence-corrected chi connectivity index (χ3v) is 5.49. The van der Waals surface area contributed by atoms with Crippen molar-refractivity contribution in [1.82, 2.24) is 4.98 Å². The van der Waals surface area contributed by atoms with E-state index in [1.54, 1.807) is 13.3 Å². The highest BCUT2D eigenvalue weighted by molar-refractivity contribution is 7.11. The van der Waals surface area contributed by atoms with E-state index in [2.05, 4.69) is 52.8 Å². The minimum Gasteiger partial charge on any atom is -0.497 e. The number of nitrogens with zero attached hydrogens (tertiary/aromatic N) is 2. The van der Waals surface area contributed by atoms with Gasteiger partial charge < -0.3 is 10.1 Å². The van der Waals surface area contributed by atoms with Crippen LogP contribution in [0.2, 0.25) is 0 Å². The zero-order valence-corrected chi connectivity index (χ0v) is 17.2. The quantitative estimate of drug-likeness (QED) is 0.371. The number of hydrogen-bond donors (Lipinski definition) is 1. The second kappa shape index (κ2) is 9.08. The number of allylic oxidation sites excluding steroid dienone is 1. The molecule has 0 saturated heterocycles. The van der Waals surface area contributed by atoms with Crippen molar-refractivity contribution in [2.45, 2.75) is 0 Å². The number of anilines is 1. The van der Waals surface area contributed by atoms with E-state index in [0.29, 0.717) is 10.6 Å². The first-order chi connectivity index (χ1) is 14.8. The lowest BCUT2D eigenvalue weighted by molar-refractivity contribution is 0.415. The van der Waals surface area contributed by atoms with Crippen molar-refractivity contribution in [2.75, 3.05) is 12.4 Å². The first-order valence-electron chi connectivity index (χ1n) is 9.39. The first kappa shape index (κ1) is 19.4. The number of nitriles is 1. The van der Waals surface area contributed by atoms with Gasteiger partial charge in [-0.05, 0) is 35.4 Å². The standard InChI is InChI=1S/C25H19N3OS/c1-29-23-13-11-22(12-14-23)27-16-21(15-26)25-28-24(17-30-25)20-9-7-19(8-10-20)18-5-3-2-4-6-18/h2-14,16-17,27H,1H3/b21-16-. The third kappa shape index (κ3) is 4.40. The van der Waals surface area contributed by atoms with Gasteiger partial charge in [0.2, 0.25) is 0 Å². The predicted molar refractivity (Wildman–Crippen MR) is 123 cm³/mol. The van der Waals surface area contributed by atoms with E-state index < -0.39 is 0 Å². The van der Waals surface area contributed by atoms with E-state index in [1.165, 1.54) is 16.9 Å². The Balaban J connectivity index is 1.51. The number of methoxy groups -OCH3 is 1. The molecule has 4 aromatic rings. The van der Waals surface area contributed by atoms with Gasteiger partial charge in [0.05, 0.1) is 12.8 Å². The van der Waals surface area contributed by atoms with Crippen LogP contribution in [0.15, 0.2) is 90.4 Å². The number of rotatable bonds is 6. The summed E-state index contributed by atoms with van der Waals surface area (Å²) in [5, 5.41) is 15.4. The lowest BCUT2D eigenvalue weighted by Gasteiger charge is -2.03. The maximum atomic E-state index is 9.57. The summed E-state index contributed by atoms with van der Waals surface area (Å²) >= 11 is 1.46. The summed E-state index contributed by atoms with van der Waals surface area (Å²) in [6.45, 7) is 0. The van der Waals surface area contributed by atoms with Crippen molar-refractivity contribution in [1.29, 1.82) is 5.26 Å². The zero-order chi connectivity index (χ0) is 20.8. The lowest BCUT2D eigenvalue weighted by Crippen LogP contribution is -1.91. The molecule has 0 aliphatic heterocycles. The molecule has 30 heavy (non-hydrogen) atoms. The number of ether oxygens (including phenoxy) is 1. The molecule has 1 heterocycles. The number of aromatic nitrogens is 1. The molecule has 3 aromatic carbocycles. The monoisotopic (exact) mass is 409 g/mol. The van der Waals surface area contributed by atoms with E-state index in [4.69, 9.17) is 4.74 Å². The van der Waals surface area contributed by atoms with Gasteiger partial charge >= 0.3 is 0 Å². The molecule has 4 rings (SSSR count). The Labute approximate surface area is 179 Å². The summed E-state index contributed by atoms with van der Waals surface area (Å²) in [6.07, 6.45) is 1.68. The molecule has 0 spiro atoms. The second-order valence-electron chi connectivity index (χ2n) is 6.52. The van der Waals surface area contributed by atoms with Crippen molar-refractivity contribution >= 4 is 22.6 Å². The fraction of sp³-hybridized carbons (Fsp3) is 0.0400. The fourth-order valence-electron chi connectivity index (χ4n) is 2.98. The number of hydrogen-bond acceptors (Lipinski definition) is 5. The Morgan fingerprint density at radius 2 is 1.60 bits per heavy atom. The molecule has 0 aliphatic carbocycles. The third-order valence-electron chi connectivity index (χ3n) is 4.62.